The van der Waals surface area contributed by atoms with Gasteiger partial charge in [0.25, 0.3) is 5.69 Å². The van der Waals surface area contributed by atoms with Crippen molar-refractivity contribution in [3.63, 3.8) is 0 Å². The zero-order chi connectivity index (χ0) is 11.9. The first-order chi connectivity index (χ1) is 7.50. The molecule has 0 saturated heterocycles. The normalized spacial score (nSPS) is 12.9. The Morgan fingerprint density at radius 1 is 1.50 bits per heavy atom. The number of halogens is 2. The third kappa shape index (κ3) is 1.88. The summed E-state index contributed by atoms with van der Waals surface area (Å²) in [5.41, 5.74) is 0.0687. The second-order valence-electron chi connectivity index (χ2n) is 3.33. The van der Waals surface area contributed by atoms with Crippen molar-refractivity contribution in [3.05, 3.63) is 38.2 Å². The van der Waals surface area contributed by atoms with Gasteiger partial charge in [0, 0.05) is 27.1 Å². The van der Waals surface area contributed by atoms with E-state index in [-0.39, 0.29) is 11.1 Å². The van der Waals surface area contributed by atoms with Crippen molar-refractivity contribution in [2.75, 3.05) is 0 Å². The number of alkyl halides is 1. The molecule has 1 atom stereocenters. The predicted molar refractivity (Wildman–Crippen MR) is 67.8 cm³/mol. The van der Waals surface area contributed by atoms with Gasteiger partial charge in [0.2, 0.25) is 0 Å². The van der Waals surface area contributed by atoms with E-state index in [0.29, 0.717) is 5.02 Å². The minimum Gasteiger partial charge on any atom is -0.258 e. The van der Waals surface area contributed by atoms with E-state index < -0.39 is 4.92 Å². The maximum Gasteiger partial charge on any atom is 0.270 e. The Balaban J connectivity index is 2.67. The van der Waals surface area contributed by atoms with Crippen LogP contribution in [0.2, 0.25) is 5.02 Å². The van der Waals surface area contributed by atoms with Gasteiger partial charge in [-0.15, -0.1) is 22.9 Å². The van der Waals surface area contributed by atoms with Gasteiger partial charge in [-0.1, -0.05) is 11.6 Å². The van der Waals surface area contributed by atoms with E-state index in [1.165, 1.54) is 23.5 Å². The average molecular weight is 276 g/mol. The Hall–Kier alpha value is -0.840. The van der Waals surface area contributed by atoms with Crippen LogP contribution in [-0.4, -0.2) is 4.92 Å². The molecule has 1 aromatic heterocycles. The van der Waals surface area contributed by atoms with E-state index in [4.69, 9.17) is 23.2 Å². The van der Waals surface area contributed by atoms with Crippen LogP contribution in [0.4, 0.5) is 5.69 Å². The zero-order valence-electron chi connectivity index (χ0n) is 8.24. The highest BCUT2D eigenvalue weighted by atomic mass is 35.5. The lowest BCUT2D eigenvalue weighted by atomic mass is 10.2. The molecule has 0 fully saturated rings. The van der Waals surface area contributed by atoms with E-state index in [2.05, 4.69) is 0 Å². The van der Waals surface area contributed by atoms with E-state index in [1.54, 1.807) is 6.07 Å². The lowest BCUT2D eigenvalue weighted by molar-refractivity contribution is -0.384. The van der Waals surface area contributed by atoms with Gasteiger partial charge in [0.1, 0.15) is 0 Å². The Bertz CT molecular complexity index is 565. The highest BCUT2D eigenvalue weighted by Gasteiger charge is 2.16. The third-order valence-electron chi connectivity index (χ3n) is 2.21. The maximum atomic E-state index is 10.6. The number of hydrogen-bond acceptors (Lipinski definition) is 3. The van der Waals surface area contributed by atoms with Crippen LogP contribution in [-0.2, 0) is 0 Å². The predicted octanol–water partition coefficient (Wildman–Crippen LogP) is 4.76. The van der Waals surface area contributed by atoms with Gasteiger partial charge in [-0.05, 0) is 13.0 Å². The number of thiophene rings is 1. The Labute approximate surface area is 106 Å². The first-order valence-electron chi connectivity index (χ1n) is 4.51. The van der Waals surface area contributed by atoms with Crippen LogP contribution in [0.25, 0.3) is 10.1 Å². The fraction of sp³-hybridized carbons (Fsp3) is 0.200. The van der Waals surface area contributed by atoms with Crippen molar-refractivity contribution >= 4 is 50.3 Å². The molecule has 1 unspecified atom stereocenters. The summed E-state index contributed by atoms with van der Waals surface area (Å²) in [5.74, 6) is 0. The largest absolute Gasteiger partial charge is 0.270 e. The summed E-state index contributed by atoms with van der Waals surface area (Å²) in [7, 11) is 0. The molecule has 0 aliphatic carbocycles. The monoisotopic (exact) mass is 275 g/mol. The van der Waals surface area contributed by atoms with Crippen LogP contribution in [0.15, 0.2) is 18.2 Å². The third-order valence-corrected chi connectivity index (χ3v) is 4.41. The molecule has 0 bridgehead atoms. The van der Waals surface area contributed by atoms with Crippen LogP contribution in [0, 0.1) is 10.1 Å². The number of hydrogen-bond donors (Lipinski definition) is 0. The number of non-ortho nitro benzene ring substituents is 1. The standard InChI is InChI=1S/C10H7Cl2NO2S/c1-5(11)10-9(12)7-3-2-6(13(14)15)4-8(7)16-10/h2-5H,1H3. The lowest BCUT2D eigenvalue weighted by Gasteiger charge is -1.97. The molecule has 3 nitrogen and oxygen atoms in total. The molecular weight excluding hydrogens is 269 g/mol. The maximum absolute atomic E-state index is 10.6. The van der Waals surface area contributed by atoms with Crippen LogP contribution >= 0.6 is 34.5 Å². The Kier molecular flexibility index (Phi) is 3.06. The zero-order valence-corrected chi connectivity index (χ0v) is 10.6. The smallest absolute Gasteiger partial charge is 0.258 e. The van der Waals surface area contributed by atoms with Gasteiger partial charge in [-0.3, -0.25) is 10.1 Å². The molecule has 0 aliphatic rings. The Morgan fingerprint density at radius 3 is 2.75 bits per heavy atom. The van der Waals surface area contributed by atoms with Crippen molar-refractivity contribution in [1.82, 2.24) is 0 Å². The highest BCUT2D eigenvalue weighted by Crippen LogP contribution is 2.41. The van der Waals surface area contributed by atoms with Gasteiger partial charge < -0.3 is 0 Å². The molecule has 1 heterocycles. The molecule has 84 valence electrons. The quantitative estimate of drug-likeness (QED) is 0.450. The topological polar surface area (TPSA) is 43.1 Å². The number of rotatable bonds is 2. The van der Waals surface area contributed by atoms with Crippen LogP contribution < -0.4 is 0 Å². The van der Waals surface area contributed by atoms with Crippen molar-refractivity contribution in [2.24, 2.45) is 0 Å². The van der Waals surface area contributed by atoms with Gasteiger partial charge >= 0.3 is 0 Å². The van der Waals surface area contributed by atoms with Crippen molar-refractivity contribution in [1.29, 1.82) is 0 Å². The van der Waals surface area contributed by atoms with E-state index in [0.717, 1.165) is 15.0 Å². The van der Waals surface area contributed by atoms with Crippen molar-refractivity contribution in [3.8, 4) is 0 Å². The molecule has 2 aromatic rings. The summed E-state index contributed by atoms with van der Waals surface area (Å²) < 4.78 is 0.793. The molecule has 0 saturated carbocycles. The average Bonchev–Trinajstić information content (AvgIpc) is 2.55. The van der Waals surface area contributed by atoms with Crippen LogP contribution in [0.1, 0.15) is 17.2 Å². The van der Waals surface area contributed by atoms with Gasteiger partial charge in [-0.2, -0.15) is 0 Å². The van der Waals surface area contributed by atoms with Crippen LogP contribution in [0.5, 0.6) is 0 Å². The number of fused-ring (bicyclic) bond motifs is 1. The molecule has 2 rings (SSSR count). The molecule has 0 N–H and O–H groups in total. The van der Waals surface area contributed by atoms with Gasteiger partial charge in [-0.25, -0.2) is 0 Å². The summed E-state index contributed by atoms with van der Waals surface area (Å²) in [4.78, 5) is 11.0. The molecule has 0 amide bonds. The van der Waals surface area contributed by atoms with E-state index in [9.17, 15) is 10.1 Å². The number of nitrogens with zero attached hydrogens (tertiary/aromatic N) is 1. The minimum absolute atomic E-state index is 0.0687. The second-order valence-corrected chi connectivity index (χ2v) is 5.45. The summed E-state index contributed by atoms with van der Waals surface area (Å²) in [6.45, 7) is 1.83. The van der Waals surface area contributed by atoms with E-state index >= 15 is 0 Å². The molecule has 16 heavy (non-hydrogen) atoms. The molecule has 0 aliphatic heterocycles. The number of nitro benzene ring substituents is 1. The SMILES string of the molecule is CC(Cl)c1sc2cc([N+](=O)[O-])ccc2c1Cl. The van der Waals surface area contributed by atoms with Crippen molar-refractivity contribution < 1.29 is 4.92 Å². The number of benzene rings is 1. The summed E-state index contributed by atoms with van der Waals surface area (Å²) in [5, 5.41) is 11.8. The second kappa shape index (κ2) is 4.20. The molecule has 1 aromatic carbocycles. The fourth-order valence-electron chi connectivity index (χ4n) is 1.44. The molecular formula is C10H7Cl2NO2S. The number of nitro groups is 1. The van der Waals surface area contributed by atoms with Crippen molar-refractivity contribution in [2.45, 2.75) is 12.3 Å². The molecule has 0 radical (unpaired) electrons. The van der Waals surface area contributed by atoms with E-state index in [1.807, 2.05) is 6.92 Å². The van der Waals surface area contributed by atoms with Gasteiger partial charge in [0.15, 0.2) is 0 Å². The summed E-state index contributed by atoms with van der Waals surface area (Å²) in [6, 6.07) is 4.63. The lowest BCUT2D eigenvalue weighted by Crippen LogP contribution is -1.85. The first kappa shape index (κ1) is 11.6. The summed E-state index contributed by atoms with van der Waals surface area (Å²) in [6.07, 6.45) is 0. The van der Waals surface area contributed by atoms with Gasteiger partial charge in [0.05, 0.1) is 15.3 Å². The highest BCUT2D eigenvalue weighted by molar-refractivity contribution is 7.20. The fourth-order valence-corrected chi connectivity index (χ4v) is 3.30. The minimum atomic E-state index is -0.420. The molecule has 6 heteroatoms. The Morgan fingerprint density at radius 2 is 2.19 bits per heavy atom. The molecule has 0 spiro atoms. The van der Waals surface area contributed by atoms with Crippen LogP contribution in [0.3, 0.4) is 0 Å². The summed E-state index contributed by atoms with van der Waals surface area (Å²) >= 11 is 13.5. The first-order valence-corrected chi connectivity index (χ1v) is 6.14.